The highest BCUT2D eigenvalue weighted by molar-refractivity contribution is 7.89. The molecule has 1 aliphatic heterocycles. The van der Waals surface area contributed by atoms with Crippen LogP contribution in [0.25, 0.3) is 0 Å². The van der Waals surface area contributed by atoms with Crippen LogP contribution < -0.4 is 10.5 Å². The number of hydrogen-bond acceptors (Lipinski definition) is 5. The zero-order chi connectivity index (χ0) is 15.9. The van der Waals surface area contributed by atoms with Gasteiger partial charge in [0.2, 0.25) is 15.9 Å². The van der Waals surface area contributed by atoms with Crippen LogP contribution in [-0.4, -0.2) is 63.9 Å². The molecule has 1 aliphatic rings. The minimum atomic E-state index is -3.46. The van der Waals surface area contributed by atoms with E-state index in [4.69, 9.17) is 10.5 Å². The zero-order valence-electron chi connectivity index (χ0n) is 13.3. The van der Waals surface area contributed by atoms with E-state index in [9.17, 15) is 13.2 Å². The fourth-order valence-corrected chi connectivity index (χ4v) is 3.16. The summed E-state index contributed by atoms with van der Waals surface area (Å²) in [4.78, 5) is 13.8. The minimum absolute atomic E-state index is 0. The van der Waals surface area contributed by atoms with Crippen LogP contribution in [0.3, 0.4) is 0 Å². The number of amides is 1. The number of likely N-dealkylation sites (tertiary alicyclic amines) is 1. The van der Waals surface area contributed by atoms with Crippen LogP contribution in [0.5, 0.6) is 0 Å². The van der Waals surface area contributed by atoms with Crippen molar-refractivity contribution in [2.75, 3.05) is 38.6 Å². The molecule has 1 amide bonds. The summed E-state index contributed by atoms with van der Waals surface area (Å²) in [6.45, 7) is 5.43. The molecule has 0 spiro atoms. The van der Waals surface area contributed by atoms with E-state index in [1.807, 2.05) is 6.92 Å². The van der Waals surface area contributed by atoms with Gasteiger partial charge in [-0.1, -0.05) is 0 Å². The second-order valence-corrected chi connectivity index (χ2v) is 7.36. The first-order valence-electron chi connectivity index (χ1n) is 7.44. The summed E-state index contributed by atoms with van der Waals surface area (Å²) >= 11 is 0. The Hall–Kier alpha value is -0.410. The molecule has 132 valence electrons. The number of nitrogens with one attached hydrogen (secondary N) is 1. The topological polar surface area (TPSA) is 102 Å². The molecule has 0 aliphatic carbocycles. The van der Waals surface area contributed by atoms with Crippen LogP contribution in [0.15, 0.2) is 0 Å². The lowest BCUT2D eigenvalue weighted by molar-refractivity contribution is -0.131. The highest BCUT2D eigenvalue weighted by atomic mass is 35.5. The van der Waals surface area contributed by atoms with Crippen molar-refractivity contribution in [2.24, 2.45) is 11.7 Å². The first kappa shape index (κ1) is 21.6. The average molecular weight is 358 g/mol. The molecule has 3 N–H and O–H groups in total. The number of piperidine rings is 1. The van der Waals surface area contributed by atoms with E-state index in [-0.39, 0.29) is 49.2 Å². The number of hydrogen-bond donors (Lipinski definition) is 2. The first-order valence-corrected chi connectivity index (χ1v) is 9.09. The van der Waals surface area contributed by atoms with Crippen molar-refractivity contribution in [3.05, 3.63) is 0 Å². The van der Waals surface area contributed by atoms with Gasteiger partial charge in [0, 0.05) is 25.7 Å². The monoisotopic (exact) mass is 357 g/mol. The summed E-state index contributed by atoms with van der Waals surface area (Å²) in [5.74, 6) is -0.0334. The number of carbonyl (C=O) groups is 1. The molecule has 0 aromatic heterocycles. The number of rotatable bonds is 8. The summed E-state index contributed by atoms with van der Waals surface area (Å²) < 4.78 is 30.7. The van der Waals surface area contributed by atoms with Gasteiger partial charge in [-0.15, -0.1) is 12.4 Å². The molecular formula is C13H28ClN3O4S. The van der Waals surface area contributed by atoms with Crippen molar-refractivity contribution in [1.29, 1.82) is 0 Å². The van der Waals surface area contributed by atoms with E-state index in [2.05, 4.69) is 4.72 Å². The van der Waals surface area contributed by atoms with E-state index < -0.39 is 10.0 Å². The molecule has 22 heavy (non-hydrogen) atoms. The van der Waals surface area contributed by atoms with Gasteiger partial charge >= 0.3 is 0 Å². The van der Waals surface area contributed by atoms with Gasteiger partial charge in [0.25, 0.3) is 0 Å². The van der Waals surface area contributed by atoms with Gasteiger partial charge in [0.1, 0.15) is 0 Å². The van der Waals surface area contributed by atoms with Crippen molar-refractivity contribution < 1.29 is 17.9 Å². The number of ether oxygens (including phenoxy) is 1. The Morgan fingerprint density at radius 2 is 2.18 bits per heavy atom. The van der Waals surface area contributed by atoms with Gasteiger partial charge in [0.15, 0.2) is 0 Å². The van der Waals surface area contributed by atoms with E-state index in [1.165, 1.54) is 0 Å². The van der Waals surface area contributed by atoms with Crippen molar-refractivity contribution >= 4 is 28.3 Å². The van der Waals surface area contributed by atoms with E-state index in [0.29, 0.717) is 19.7 Å². The minimum Gasteiger partial charge on any atom is -0.381 e. The third-order valence-corrected chi connectivity index (χ3v) is 4.99. The van der Waals surface area contributed by atoms with Crippen LogP contribution in [-0.2, 0) is 19.6 Å². The van der Waals surface area contributed by atoms with E-state index in [1.54, 1.807) is 11.8 Å². The van der Waals surface area contributed by atoms with Gasteiger partial charge in [-0.25, -0.2) is 13.1 Å². The average Bonchev–Trinajstić information content (AvgIpc) is 2.45. The Morgan fingerprint density at radius 1 is 1.50 bits per heavy atom. The number of halogens is 1. The molecule has 1 rings (SSSR count). The largest absolute Gasteiger partial charge is 0.381 e. The molecule has 7 nitrogen and oxygen atoms in total. The first-order chi connectivity index (χ1) is 9.85. The molecule has 0 bridgehead atoms. The molecule has 0 saturated carbocycles. The van der Waals surface area contributed by atoms with Crippen molar-refractivity contribution in [2.45, 2.75) is 32.7 Å². The van der Waals surface area contributed by atoms with Crippen LogP contribution >= 0.6 is 12.4 Å². The Kier molecular flexibility index (Phi) is 10.2. The summed E-state index contributed by atoms with van der Waals surface area (Å²) in [7, 11) is -3.46. The lowest BCUT2D eigenvalue weighted by atomic mass is 9.92. The summed E-state index contributed by atoms with van der Waals surface area (Å²) in [6, 6.07) is 0.0449. The lowest BCUT2D eigenvalue weighted by Gasteiger charge is -2.34. The maximum absolute atomic E-state index is 12.1. The van der Waals surface area contributed by atoms with Crippen LogP contribution in [0.1, 0.15) is 26.7 Å². The molecular weight excluding hydrogens is 330 g/mol. The molecule has 0 aromatic rings. The number of sulfonamides is 1. The zero-order valence-corrected chi connectivity index (χ0v) is 14.9. The number of nitrogens with two attached hydrogens (primary N) is 1. The van der Waals surface area contributed by atoms with Gasteiger partial charge in [-0.2, -0.15) is 0 Å². The summed E-state index contributed by atoms with van der Waals surface area (Å²) in [6.07, 6.45) is 1.93. The third-order valence-electron chi connectivity index (χ3n) is 3.70. The van der Waals surface area contributed by atoms with Crippen molar-refractivity contribution in [1.82, 2.24) is 9.62 Å². The predicted octanol–water partition coefficient (Wildman–Crippen LogP) is -0.0501. The fraction of sp³-hybridized carbons (Fsp3) is 0.923. The highest BCUT2D eigenvalue weighted by Gasteiger charge is 2.26. The molecule has 0 radical (unpaired) electrons. The van der Waals surface area contributed by atoms with Crippen LogP contribution in [0, 0.1) is 5.92 Å². The Labute approximate surface area is 139 Å². The second-order valence-electron chi connectivity index (χ2n) is 5.44. The summed E-state index contributed by atoms with van der Waals surface area (Å²) in [5.41, 5.74) is 5.88. The third kappa shape index (κ3) is 7.73. The van der Waals surface area contributed by atoms with Gasteiger partial charge in [0.05, 0.1) is 18.9 Å². The van der Waals surface area contributed by atoms with Gasteiger partial charge < -0.3 is 15.4 Å². The number of carbonyl (C=O) groups excluding carboxylic acids is 1. The molecule has 1 heterocycles. The fourth-order valence-electron chi connectivity index (χ4n) is 2.33. The highest BCUT2D eigenvalue weighted by Crippen LogP contribution is 2.18. The lowest BCUT2D eigenvalue weighted by Crippen LogP contribution is -2.48. The second kappa shape index (κ2) is 10.4. The standard InChI is InChI=1S/C13H27N3O4S.ClH/c1-3-20-7-8-21(18,19)15-9-13(17)16-6-4-5-12(10-16)11(2)14;/h11-12,15H,3-10,14H2,1-2H3;1H. The predicted molar refractivity (Wildman–Crippen MR) is 88.5 cm³/mol. The Morgan fingerprint density at radius 3 is 2.77 bits per heavy atom. The maximum Gasteiger partial charge on any atom is 0.237 e. The van der Waals surface area contributed by atoms with E-state index >= 15 is 0 Å². The van der Waals surface area contributed by atoms with Crippen molar-refractivity contribution in [3.63, 3.8) is 0 Å². The number of nitrogens with zero attached hydrogens (tertiary/aromatic N) is 1. The molecule has 9 heteroatoms. The summed E-state index contributed by atoms with van der Waals surface area (Å²) in [5, 5.41) is 0. The van der Waals surface area contributed by atoms with Gasteiger partial charge in [-0.3, -0.25) is 4.79 Å². The van der Waals surface area contributed by atoms with Crippen LogP contribution in [0.4, 0.5) is 0 Å². The van der Waals surface area contributed by atoms with Gasteiger partial charge in [-0.05, 0) is 32.6 Å². The van der Waals surface area contributed by atoms with E-state index in [0.717, 1.165) is 12.8 Å². The molecule has 2 atom stereocenters. The molecule has 1 fully saturated rings. The SMILES string of the molecule is CCOCCS(=O)(=O)NCC(=O)N1CCCC(C(C)N)C1.Cl. The normalized spacial score (nSPS) is 20.3. The Bertz CT molecular complexity index is 431. The smallest absolute Gasteiger partial charge is 0.237 e. The van der Waals surface area contributed by atoms with Crippen molar-refractivity contribution in [3.8, 4) is 0 Å². The molecule has 1 saturated heterocycles. The molecule has 2 unspecified atom stereocenters. The quantitative estimate of drug-likeness (QED) is 0.593. The Balaban J connectivity index is 0.00000441. The maximum atomic E-state index is 12.1. The van der Waals surface area contributed by atoms with Crippen LogP contribution in [0.2, 0.25) is 0 Å². The molecule has 0 aromatic carbocycles.